The van der Waals surface area contributed by atoms with Crippen molar-refractivity contribution in [3.05, 3.63) is 23.3 Å². The SMILES string of the molecule is CC1Cc2cc(O)c(CCO)cc2N1. The van der Waals surface area contributed by atoms with Crippen LogP contribution in [-0.4, -0.2) is 22.9 Å². The third kappa shape index (κ3) is 1.55. The average molecular weight is 193 g/mol. The molecule has 0 spiro atoms. The number of nitrogens with one attached hydrogen (secondary N) is 1. The number of benzene rings is 1. The summed E-state index contributed by atoms with van der Waals surface area (Å²) in [6.45, 7) is 2.19. The first kappa shape index (κ1) is 9.34. The summed E-state index contributed by atoms with van der Waals surface area (Å²) in [6, 6.07) is 4.18. The molecule has 1 aromatic rings. The zero-order chi connectivity index (χ0) is 10.1. The highest BCUT2D eigenvalue weighted by Gasteiger charge is 2.18. The first-order valence-electron chi connectivity index (χ1n) is 4.93. The quantitative estimate of drug-likeness (QED) is 0.620. The predicted octanol–water partition coefficient (Wildman–Crippen LogP) is 1.28. The standard InChI is InChI=1S/C11H15NO2/c1-7-4-9-6-11(14)8(2-3-13)5-10(9)12-7/h5-7,12-14H,2-4H2,1H3. The van der Waals surface area contributed by atoms with Crippen molar-refractivity contribution in [1.82, 2.24) is 0 Å². The van der Waals surface area contributed by atoms with Crippen LogP contribution in [0.15, 0.2) is 12.1 Å². The second-order valence-corrected chi connectivity index (χ2v) is 3.86. The van der Waals surface area contributed by atoms with Crippen molar-refractivity contribution in [3.8, 4) is 5.75 Å². The fourth-order valence-electron chi connectivity index (χ4n) is 1.95. The van der Waals surface area contributed by atoms with E-state index >= 15 is 0 Å². The van der Waals surface area contributed by atoms with E-state index < -0.39 is 0 Å². The van der Waals surface area contributed by atoms with Gasteiger partial charge in [0.05, 0.1) is 0 Å². The molecule has 0 saturated heterocycles. The van der Waals surface area contributed by atoms with Crippen LogP contribution in [0.1, 0.15) is 18.1 Å². The number of aliphatic hydroxyl groups is 1. The van der Waals surface area contributed by atoms with E-state index in [0.717, 1.165) is 23.2 Å². The van der Waals surface area contributed by atoms with Crippen molar-refractivity contribution >= 4 is 5.69 Å². The summed E-state index contributed by atoms with van der Waals surface area (Å²) in [5.41, 5.74) is 3.07. The minimum Gasteiger partial charge on any atom is -0.508 e. The molecule has 0 aromatic heterocycles. The minimum absolute atomic E-state index is 0.0713. The Morgan fingerprint density at radius 2 is 2.29 bits per heavy atom. The molecule has 1 unspecified atom stereocenters. The highest BCUT2D eigenvalue weighted by molar-refractivity contribution is 5.61. The van der Waals surface area contributed by atoms with Gasteiger partial charge in [-0.1, -0.05) is 0 Å². The van der Waals surface area contributed by atoms with Crippen molar-refractivity contribution in [2.24, 2.45) is 0 Å². The molecule has 3 heteroatoms. The lowest BCUT2D eigenvalue weighted by atomic mass is 10.0. The Morgan fingerprint density at radius 3 is 3.00 bits per heavy atom. The van der Waals surface area contributed by atoms with Crippen LogP contribution < -0.4 is 5.32 Å². The van der Waals surface area contributed by atoms with Gasteiger partial charge in [-0.05, 0) is 43.0 Å². The largest absolute Gasteiger partial charge is 0.508 e. The van der Waals surface area contributed by atoms with Gasteiger partial charge >= 0.3 is 0 Å². The van der Waals surface area contributed by atoms with Gasteiger partial charge in [-0.25, -0.2) is 0 Å². The summed E-state index contributed by atoms with van der Waals surface area (Å²) in [5, 5.41) is 21.8. The molecular formula is C11H15NO2. The third-order valence-electron chi connectivity index (χ3n) is 2.61. The Morgan fingerprint density at radius 1 is 1.50 bits per heavy atom. The lowest BCUT2D eigenvalue weighted by Crippen LogP contribution is -2.08. The molecule has 0 aliphatic carbocycles. The second-order valence-electron chi connectivity index (χ2n) is 3.86. The van der Waals surface area contributed by atoms with Gasteiger partial charge in [0, 0.05) is 18.3 Å². The number of aliphatic hydroxyl groups excluding tert-OH is 1. The molecule has 0 amide bonds. The summed E-state index contributed by atoms with van der Waals surface area (Å²) >= 11 is 0. The smallest absolute Gasteiger partial charge is 0.119 e. The zero-order valence-electron chi connectivity index (χ0n) is 8.25. The van der Waals surface area contributed by atoms with Crippen LogP contribution in [0.3, 0.4) is 0 Å². The van der Waals surface area contributed by atoms with Gasteiger partial charge in [0.1, 0.15) is 5.75 Å². The predicted molar refractivity (Wildman–Crippen MR) is 55.7 cm³/mol. The van der Waals surface area contributed by atoms with E-state index in [0.29, 0.717) is 18.2 Å². The average Bonchev–Trinajstić information content (AvgIpc) is 2.45. The number of aromatic hydroxyl groups is 1. The molecule has 2 rings (SSSR count). The topological polar surface area (TPSA) is 52.5 Å². The van der Waals surface area contributed by atoms with Gasteiger partial charge in [0.2, 0.25) is 0 Å². The van der Waals surface area contributed by atoms with Gasteiger partial charge in [0.25, 0.3) is 0 Å². The van der Waals surface area contributed by atoms with Crippen molar-refractivity contribution in [1.29, 1.82) is 0 Å². The van der Waals surface area contributed by atoms with Crippen LogP contribution >= 0.6 is 0 Å². The van der Waals surface area contributed by atoms with E-state index in [1.165, 1.54) is 0 Å². The van der Waals surface area contributed by atoms with Crippen LogP contribution in [0, 0.1) is 0 Å². The number of anilines is 1. The summed E-state index contributed by atoms with van der Waals surface area (Å²) in [7, 11) is 0. The Labute approximate surface area is 83.4 Å². The van der Waals surface area contributed by atoms with Gasteiger partial charge < -0.3 is 15.5 Å². The monoisotopic (exact) mass is 193 g/mol. The molecule has 3 N–H and O–H groups in total. The molecule has 76 valence electrons. The van der Waals surface area contributed by atoms with E-state index in [4.69, 9.17) is 5.11 Å². The number of phenols is 1. The lowest BCUT2D eigenvalue weighted by molar-refractivity contribution is 0.297. The number of phenolic OH excluding ortho intramolecular Hbond substituents is 1. The molecule has 1 aliphatic heterocycles. The van der Waals surface area contributed by atoms with Gasteiger partial charge in [0.15, 0.2) is 0 Å². The molecule has 0 bridgehead atoms. The lowest BCUT2D eigenvalue weighted by Gasteiger charge is -2.07. The Balaban J connectivity index is 2.35. The summed E-state index contributed by atoms with van der Waals surface area (Å²) in [5.74, 6) is 0.300. The maximum Gasteiger partial charge on any atom is 0.119 e. The Bertz CT molecular complexity index is 349. The third-order valence-corrected chi connectivity index (χ3v) is 2.61. The first-order chi connectivity index (χ1) is 6.70. The number of hydrogen-bond acceptors (Lipinski definition) is 3. The van der Waals surface area contributed by atoms with Crippen LogP contribution in [0.5, 0.6) is 5.75 Å². The normalized spacial score (nSPS) is 19.1. The van der Waals surface area contributed by atoms with Gasteiger partial charge in [-0.3, -0.25) is 0 Å². The summed E-state index contributed by atoms with van der Waals surface area (Å²) in [4.78, 5) is 0. The van der Waals surface area contributed by atoms with Crippen LogP contribution in [0.4, 0.5) is 5.69 Å². The van der Waals surface area contributed by atoms with E-state index in [1.807, 2.05) is 6.07 Å². The molecule has 1 heterocycles. The van der Waals surface area contributed by atoms with Crippen LogP contribution in [0.2, 0.25) is 0 Å². The first-order valence-corrected chi connectivity index (χ1v) is 4.93. The maximum atomic E-state index is 9.65. The van der Waals surface area contributed by atoms with Crippen LogP contribution in [0.25, 0.3) is 0 Å². The molecule has 0 fully saturated rings. The molecule has 0 radical (unpaired) electrons. The number of rotatable bonds is 2. The van der Waals surface area contributed by atoms with Crippen molar-refractivity contribution in [2.75, 3.05) is 11.9 Å². The Kier molecular flexibility index (Phi) is 2.33. The van der Waals surface area contributed by atoms with E-state index in [9.17, 15) is 5.11 Å². The van der Waals surface area contributed by atoms with Crippen molar-refractivity contribution in [3.63, 3.8) is 0 Å². The summed E-state index contributed by atoms with van der Waals surface area (Å²) in [6.07, 6.45) is 1.47. The molecule has 3 nitrogen and oxygen atoms in total. The molecule has 1 aliphatic rings. The highest BCUT2D eigenvalue weighted by Crippen LogP contribution is 2.32. The van der Waals surface area contributed by atoms with Gasteiger partial charge in [-0.2, -0.15) is 0 Å². The molecule has 1 aromatic carbocycles. The van der Waals surface area contributed by atoms with Crippen molar-refractivity contribution < 1.29 is 10.2 Å². The number of fused-ring (bicyclic) bond motifs is 1. The number of hydrogen-bond donors (Lipinski definition) is 3. The molecule has 0 saturated carbocycles. The highest BCUT2D eigenvalue weighted by atomic mass is 16.3. The van der Waals surface area contributed by atoms with Crippen molar-refractivity contribution in [2.45, 2.75) is 25.8 Å². The molecule has 14 heavy (non-hydrogen) atoms. The van der Waals surface area contributed by atoms with E-state index in [-0.39, 0.29) is 6.61 Å². The fourth-order valence-corrected chi connectivity index (χ4v) is 1.95. The summed E-state index contributed by atoms with van der Waals surface area (Å²) < 4.78 is 0. The van der Waals surface area contributed by atoms with Gasteiger partial charge in [-0.15, -0.1) is 0 Å². The van der Waals surface area contributed by atoms with E-state index in [1.54, 1.807) is 6.07 Å². The van der Waals surface area contributed by atoms with Crippen LogP contribution in [-0.2, 0) is 12.8 Å². The minimum atomic E-state index is 0.0713. The second kappa shape index (κ2) is 3.50. The maximum absolute atomic E-state index is 9.65. The molecule has 1 atom stereocenters. The Hall–Kier alpha value is -1.22. The zero-order valence-corrected chi connectivity index (χ0v) is 8.25. The van der Waals surface area contributed by atoms with E-state index in [2.05, 4.69) is 12.2 Å². The fraction of sp³-hybridized carbons (Fsp3) is 0.455. The molecular weight excluding hydrogens is 178 g/mol.